The van der Waals surface area contributed by atoms with Crippen LogP contribution in [0.2, 0.25) is 0 Å². The van der Waals surface area contributed by atoms with E-state index in [2.05, 4.69) is 0 Å². The Morgan fingerprint density at radius 2 is 1.88 bits per heavy atom. The average molecular weight is 338 g/mol. The highest BCUT2D eigenvalue weighted by molar-refractivity contribution is 5.70. The second kappa shape index (κ2) is 7.07. The highest BCUT2D eigenvalue weighted by Gasteiger charge is 2.40. The largest absolute Gasteiger partial charge is 0.465 e. The Morgan fingerprint density at radius 1 is 1.25 bits per heavy atom. The normalized spacial score (nSPS) is 19.8. The molecule has 132 valence electrons. The molecule has 1 saturated heterocycles. The maximum atomic E-state index is 15.0. The minimum atomic E-state index is -1.50. The van der Waals surface area contributed by atoms with Crippen LogP contribution in [0, 0.1) is 0 Å². The molecular weight excluding hydrogens is 315 g/mol. The third-order valence-corrected chi connectivity index (χ3v) is 3.77. The SMILES string of the molecule is CC(C)(C)OC(=O)N1CCN(C(=O)O)CC1C(F)c1ccccc1. The van der Waals surface area contributed by atoms with Gasteiger partial charge >= 0.3 is 12.2 Å². The van der Waals surface area contributed by atoms with E-state index in [1.807, 2.05) is 0 Å². The number of hydrogen-bond acceptors (Lipinski definition) is 3. The first-order valence-corrected chi connectivity index (χ1v) is 7.85. The topological polar surface area (TPSA) is 70.1 Å². The van der Waals surface area contributed by atoms with Crippen LogP contribution in [0.25, 0.3) is 0 Å². The quantitative estimate of drug-likeness (QED) is 0.898. The molecule has 24 heavy (non-hydrogen) atoms. The number of carbonyl (C=O) groups is 2. The van der Waals surface area contributed by atoms with Crippen LogP contribution in [0.3, 0.4) is 0 Å². The van der Waals surface area contributed by atoms with Crippen LogP contribution in [0.4, 0.5) is 14.0 Å². The number of benzene rings is 1. The fourth-order valence-electron chi connectivity index (χ4n) is 2.64. The average Bonchev–Trinajstić information content (AvgIpc) is 2.52. The number of hydrogen-bond donors (Lipinski definition) is 1. The number of nitrogens with zero attached hydrogens (tertiary/aromatic N) is 2. The lowest BCUT2D eigenvalue weighted by Crippen LogP contribution is -2.58. The van der Waals surface area contributed by atoms with E-state index in [0.717, 1.165) is 4.90 Å². The second-order valence-electron chi connectivity index (χ2n) is 6.78. The van der Waals surface area contributed by atoms with Gasteiger partial charge in [0.1, 0.15) is 11.8 Å². The highest BCUT2D eigenvalue weighted by atomic mass is 19.1. The van der Waals surface area contributed by atoms with Crippen LogP contribution >= 0.6 is 0 Å². The summed E-state index contributed by atoms with van der Waals surface area (Å²) in [5, 5.41) is 9.19. The molecular formula is C17H23FN2O4. The van der Waals surface area contributed by atoms with Gasteiger partial charge in [-0.15, -0.1) is 0 Å². The van der Waals surface area contributed by atoms with Gasteiger partial charge in [0.05, 0.1) is 6.04 Å². The Labute approximate surface area is 140 Å². The molecule has 1 heterocycles. The Bertz CT molecular complexity index is 588. The molecule has 6 nitrogen and oxygen atoms in total. The minimum Gasteiger partial charge on any atom is -0.465 e. The lowest BCUT2D eigenvalue weighted by atomic mass is 10.0. The molecule has 2 rings (SSSR count). The number of carbonyl (C=O) groups excluding carboxylic acids is 1. The number of amides is 2. The smallest absolute Gasteiger partial charge is 0.410 e. The van der Waals surface area contributed by atoms with Crippen LogP contribution in [-0.4, -0.2) is 58.4 Å². The van der Waals surface area contributed by atoms with Crippen LogP contribution in [-0.2, 0) is 4.74 Å². The van der Waals surface area contributed by atoms with E-state index in [9.17, 15) is 14.7 Å². The van der Waals surface area contributed by atoms with Gasteiger partial charge in [-0.2, -0.15) is 0 Å². The first-order chi connectivity index (χ1) is 11.2. The van der Waals surface area contributed by atoms with Crippen molar-refractivity contribution in [3.8, 4) is 0 Å². The van der Waals surface area contributed by atoms with Crippen LogP contribution < -0.4 is 0 Å². The summed E-state index contributed by atoms with van der Waals surface area (Å²) in [6.45, 7) is 5.34. The first-order valence-electron chi connectivity index (χ1n) is 7.85. The first kappa shape index (κ1) is 18.0. The molecule has 1 aliphatic rings. The minimum absolute atomic E-state index is 0.0926. The predicted molar refractivity (Wildman–Crippen MR) is 86.6 cm³/mol. The number of ether oxygens (including phenoxy) is 1. The van der Waals surface area contributed by atoms with Gasteiger partial charge in [0.2, 0.25) is 0 Å². The molecule has 1 fully saturated rings. The lowest BCUT2D eigenvalue weighted by molar-refractivity contribution is -0.0151. The summed E-state index contributed by atoms with van der Waals surface area (Å²) < 4.78 is 20.4. The molecule has 0 spiro atoms. The number of halogens is 1. The third-order valence-electron chi connectivity index (χ3n) is 3.77. The second-order valence-corrected chi connectivity index (χ2v) is 6.78. The number of piperazine rings is 1. The molecule has 0 aromatic heterocycles. The Balaban J connectivity index is 2.24. The Kier molecular flexibility index (Phi) is 5.31. The standard InChI is InChI=1S/C17H23FN2O4/c1-17(2,3)24-16(23)20-10-9-19(15(21)22)11-13(20)14(18)12-7-5-4-6-8-12/h4-8,13-14H,9-11H2,1-3H3,(H,21,22). The van der Waals surface area contributed by atoms with Crippen molar-refractivity contribution in [3.63, 3.8) is 0 Å². The van der Waals surface area contributed by atoms with Crippen molar-refractivity contribution in [1.29, 1.82) is 0 Å². The Hall–Kier alpha value is -2.31. The van der Waals surface area contributed by atoms with Crippen molar-refractivity contribution in [2.45, 2.75) is 38.6 Å². The van der Waals surface area contributed by atoms with E-state index in [4.69, 9.17) is 4.74 Å². The van der Waals surface area contributed by atoms with E-state index in [0.29, 0.717) is 5.56 Å². The molecule has 0 radical (unpaired) electrons. The van der Waals surface area contributed by atoms with Gasteiger partial charge < -0.3 is 14.7 Å². The molecule has 0 aliphatic carbocycles. The molecule has 0 saturated carbocycles. The van der Waals surface area contributed by atoms with E-state index >= 15 is 4.39 Å². The van der Waals surface area contributed by atoms with Crippen molar-refractivity contribution in [3.05, 3.63) is 35.9 Å². The monoisotopic (exact) mass is 338 g/mol. The molecule has 1 aromatic rings. The van der Waals surface area contributed by atoms with Gasteiger partial charge in [-0.25, -0.2) is 14.0 Å². The number of alkyl halides is 1. The van der Waals surface area contributed by atoms with Gasteiger partial charge in [-0.05, 0) is 26.3 Å². The zero-order chi connectivity index (χ0) is 17.9. The van der Waals surface area contributed by atoms with Crippen molar-refractivity contribution < 1.29 is 23.8 Å². The molecule has 2 atom stereocenters. The summed E-state index contributed by atoms with van der Waals surface area (Å²) in [7, 11) is 0. The van der Waals surface area contributed by atoms with Gasteiger partial charge in [0.15, 0.2) is 0 Å². The van der Waals surface area contributed by atoms with Gasteiger partial charge in [0.25, 0.3) is 0 Å². The highest BCUT2D eigenvalue weighted by Crippen LogP contribution is 2.29. The zero-order valence-electron chi connectivity index (χ0n) is 14.1. The summed E-state index contributed by atoms with van der Waals surface area (Å²) in [5.74, 6) is 0. The number of carboxylic acid groups (broad SMARTS) is 1. The van der Waals surface area contributed by atoms with Crippen molar-refractivity contribution >= 4 is 12.2 Å². The molecule has 0 bridgehead atoms. The molecule has 2 unspecified atom stereocenters. The Morgan fingerprint density at radius 3 is 2.42 bits per heavy atom. The van der Waals surface area contributed by atoms with Crippen LogP contribution in [0.15, 0.2) is 30.3 Å². The van der Waals surface area contributed by atoms with E-state index in [-0.39, 0.29) is 19.6 Å². The van der Waals surface area contributed by atoms with Gasteiger partial charge in [-0.3, -0.25) is 4.90 Å². The summed E-state index contributed by atoms with van der Waals surface area (Å²) in [6, 6.07) is 7.50. The fraction of sp³-hybridized carbons (Fsp3) is 0.529. The molecule has 1 aromatic carbocycles. The van der Waals surface area contributed by atoms with E-state index < -0.39 is 30.0 Å². The van der Waals surface area contributed by atoms with Crippen molar-refractivity contribution in [2.24, 2.45) is 0 Å². The maximum absolute atomic E-state index is 15.0. The van der Waals surface area contributed by atoms with Crippen molar-refractivity contribution in [1.82, 2.24) is 9.80 Å². The fourth-order valence-corrected chi connectivity index (χ4v) is 2.64. The summed E-state index contributed by atoms with van der Waals surface area (Å²) in [6.07, 6.45) is -3.25. The number of rotatable bonds is 2. The van der Waals surface area contributed by atoms with Crippen molar-refractivity contribution in [2.75, 3.05) is 19.6 Å². The zero-order valence-corrected chi connectivity index (χ0v) is 14.1. The van der Waals surface area contributed by atoms with Crippen LogP contribution in [0.5, 0.6) is 0 Å². The van der Waals surface area contributed by atoms with E-state index in [1.165, 1.54) is 4.90 Å². The molecule has 7 heteroatoms. The van der Waals surface area contributed by atoms with Crippen LogP contribution in [0.1, 0.15) is 32.5 Å². The van der Waals surface area contributed by atoms with Gasteiger partial charge in [-0.1, -0.05) is 30.3 Å². The maximum Gasteiger partial charge on any atom is 0.410 e. The summed E-state index contributed by atoms with van der Waals surface area (Å²) in [5.41, 5.74) is -0.298. The third kappa shape index (κ3) is 4.37. The predicted octanol–water partition coefficient (Wildman–Crippen LogP) is 3.30. The molecule has 1 N–H and O–H groups in total. The summed E-state index contributed by atoms with van der Waals surface area (Å²) in [4.78, 5) is 26.1. The molecule has 1 aliphatic heterocycles. The van der Waals surface area contributed by atoms with Gasteiger partial charge in [0, 0.05) is 19.6 Å². The lowest BCUT2D eigenvalue weighted by Gasteiger charge is -2.41. The summed E-state index contributed by atoms with van der Waals surface area (Å²) >= 11 is 0. The molecule has 2 amide bonds. The van der Waals surface area contributed by atoms with E-state index in [1.54, 1.807) is 51.1 Å².